The Balaban J connectivity index is 2.02. The molecular formula is C16H16N2O2. The first-order chi connectivity index (χ1) is 9.65. The maximum absolute atomic E-state index is 11.6. The van der Waals surface area contributed by atoms with Crippen molar-refractivity contribution < 1.29 is 9.90 Å². The number of rotatable bonds is 2. The summed E-state index contributed by atoms with van der Waals surface area (Å²) in [5.74, 6) is -0.783. The maximum atomic E-state index is 11.6. The van der Waals surface area contributed by atoms with E-state index in [1.165, 1.54) is 5.56 Å². The zero-order valence-corrected chi connectivity index (χ0v) is 11.3. The molecule has 2 heterocycles. The van der Waals surface area contributed by atoms with E-state index >= 15 is 0 Å². The van der Waals surface area contributed by atoms with E-state index in [2.05, 4.69) is 11.1 Å². The van der Waals surface area contributed by atoms with Crippen LogP contribution < -0.4 is 4.90 Å². The molecule has 0 spiro atoms. The van der Waals surface area contributed by atoms with Crippen LogP contribution >= 0.6 is 0 Å². The number of aliphatic carboxylic acids is 1. The fraction of sp³-hybridized carbons (Fsp3) is 0.250. The number of aryl methyl sites for hydroxylation is 1. The molecule has 20 heavy (non-hydrogen) atoms. The molecule has 4 heteroatoms. The van der Waals surface area contributed by atoms with E-state index in [-0.39, 0.29) is 0 Å². The largest absolute Gasteiger partial charge is 0.480 e. The molecule has 3 rings (SSSR count). The molecule has 1 unspecified atom stereocenters. The van der Waals surface area contributed by atoms with Crippen molar-refractivity contribution in [3.63, 3.8) is 0 Å². The molecular weight excluding hydrogens is 252 g/mol. The lowest BCUT2D eigenvalue weighted by Crippen LogP contribution is -2.45. The molecule has 0 aliphatic carbocycles. The third-order valence-corrected chi connectivity index (χ3v) is 3.75. The van der Waals surface area contributed by atoms with Crippen LogP contribution in [0.15, 0.2) is 42.6 Å². The van der Waals surface area contributed by atoms with Gasteiger partial charge in [-0.25, -0.2) is 4.79 Å². The second-order valence-electron chi connectivity index (χ2n) is 5.11. The van der Waals surface area contributed by atoms with Crippen molar-refractivity contribution in [2.24, 2.45) is 0 Å². The lowest BCUT2D eigenvalue weighted by Gasteiger charge is -2.36. The number of nitrogens with zero attached hydrogens (tertiary/aromatic N) is 2. The first-order valence-corrected chi connectivity index (χ1v) is 6.64. The molecule has 102 valence electrons. The van der Waals surface area contributed by atoms with E-state index in [1.807, 2.05) is 42.2 Å². The van der Waals surface area contributed by atoms with Crippen LogP contribution in [0, 0.1) is 6.92 Å². The number of benzene rings is 1. The summed E-state index contributed by atoms with van der Waals surface area (Å²) >= 11 is 0. The summed E-state index contributed by atoms with van der Waals surface area (Å²) in [4.78, 5) is 17.7. The normalized spacial score (nSPS) is 17.6. The molecule has 0 radical (unpaired) electrons. The summed E-state index contributed by atoms with van der Waals surface area (Å²) in [5, 5.41) is 9.51. The quantitative estimate of drug-likeness (QED) is 0.908. The van der Waals surface area contributed by atoms with Gasteiger partial charge in [0.1, 0.15) is 6.04 Å². The Morgan fingerprint density at radius 1 is 1.30 bits per heavy atom. The highest BCUT2D eigenvalue weighted by molar-refractivity contribution is 5.79. The summed E-state index contributed by atoms with van der Waals surface area (Å²) < 4.78 is 0. The molecule has 0 bridgehead atoms. The predicted molar refractivity (Wildman–Crippen MR) is 76.7 cm³/mol. The SMILES string of the molecule is Cc1cc(N2Cc3ccccc3CC2C(=O)O)ccn1. The molecule has 0 saturated carbocycles. The Morgan fingerprint density at radius 3 is 2.75 bits per heavy atom. The van der Waals surface area contributed by atoms with E-state index in [0.29, 0.717) is 13.0 Å². The minimum atomic E-state index is -0.783. The van der Waals surface area contributed by atoms with Crippen LogP contribution in [0.1, 0.15) is 16.8 Å². The van der Waals surface area contributed by atoms with Gasteiger partial charge in [-0.2, -0.15) is 0 Å². The van der Waals surface area contributed by atoms with Crippen LogP contribution in [-0.4, -0.2) is 22.1 Å². The van der Waals surface area contributed by atoms with E-state index < -0.39 is 12.0 Å². The maximum Gasteiger partial charge on any atom is 0.326 e. The molecule has 0 fully saturated rings. The lowest BCUT2D eigenvalue weighted by molar-refractivity contribution is -0.138. The van der Waals surface area contributed by atoms with Crippen LogP contribution in [0.25, 0.3) is 0 Å². The second-order valence-corrected chi connectivity index (χ2v) is 5.11. The third kappa shape index (κ3) is 2.25. The van der Waals surface area contributed by atoms with Gasteiger partial charge in [0.15, 0.2) is 0 Å². The highest BCUT2D eigenvalue weighted by atomic mass is 16.4. The van der Waals surface area contributed by atoms with Crippen molar-refractivity contribution in [2.75, 3.05) is 4.90 Å². The van der Waals surface area contributed by atoms with Crippen LogP contribution in [0.3, 0.4) is 0 Å². The fourth-order valence-electron chi connectivity index (χ4n) is 2.72. The standard InChI is InChI=1S/C16H16N2O2/c1-11-8-14(6-7-17-11)18-10-13-5-3-2-4-12(13)9-15(18)16(19)20/h2-8,15H,9-10H2,1H3,(H,19,20). The van der Waals surface area contributed by atoms with Crippen LogP contribution in [0.2, 0.25) is 0 Å². The number of hydrogen-bond donors (Lipinski definition) is 1. The number of aromatic nitrogens is 1. The van der Waals surface area contributed by atoms with Crippen molar-refractivity contribution in [3.05, 3.63) is 59.4 Å². The van der Waals surface area contributed by atoms with Gasteiger partial charge in [0, 0.05) is 30.5 Å². The van der Waals surface area contributed by atoms with Gasteiger partial charge in [-0.1, -0.05) is 24.3 Å². The van der Waals surface area contributed by atoms with E-state index in [9.17, 15) is 9.90 Å². The summed E-state index contributed by atoms with van der Waals surface area (Å²) in [6.45, 7) is 2.54. The van der Waals surface area contributed by atoms with Crippen LogP contribution in [-0.2, 0) is 17.8 Å². The highest BCUT2D eigenvalue weighted by Gasteiger charge is 2.31. The van der Waals surface area contributed by atoms with Crippen molar-refractivity contribution in [1.82, 2.24) is 4.98 Å². The molecule has 0 saturated heterocycles. The minimum absolute atomic E-state index is 0.522. The Hall–Kier alpha value is -2.36. The number of carboxylic acids is 1. The van der Waals surface area contributed by atoms with Crippen LogP contribution in [0.4, 0.5) is 5.69 Å². The van der Waals surface area contributed by atoms with Gasteiger partial charge in [-0.15, -0.1) is 0 Å². The molecule has 1 aromatic heterocycles. The molecule has 2 aromatic rings. The molecule has 1 aliphatic heterocycles. The lowest BCUT2D eigenvalue weighted by atomic mass is 9.93. The Labute approximate surface area is 117 Å². The van der Waals surface area contributed by atoms with Gasteiger partial charge in [0.2, 0.25) is 0 Å². The summed E-state index contributed by atoms with van der Waals surface area (Å²) in [6.07, 6.45) is 2.26. The predicted octanol–water partition coefficient (Wildman–Crippen LogP) is 2.41. The summed E-state index contributed by atoms with van der Waals surface area (Å²) in [7, 11) is 0. The number of carboxylic acid groups (broad SMARTS) is 1. The fourth-order valence-corrected chi connectivity index (χ4v) is 2.72. The van der Waals surface area contributed by atoms with Crippen molar-refractivity contribution in [2.45, 2.75) is 25.9 Å². The number of hydrogen-bond acceptors (Lipinski definition) is 3. The van der Waals surface area contributed by atoms with Gasteiger partial charge in [-0.05, 0) is 30.2 Å². The molecule has 1 atom stereocenters. The monoisotopic (exact) mass is 268 g/mol. The first-order valence-electron chi connectivity index (χ1n) is 6.64. The van der Waals surface area contributed by atoms with Crippen LogP contribution in [0.5, 0.6) is 0 Å². The first kappa shape index (κ1) is 12.7. The van der Waals surface area contributed by atoms with Gasteiger partial charge >= 0.3 is 5.97 Å². The van der Waals surface area contributed by atoms with Gasteiger partial charge in [-0.3, -0.25) is 4.98 Å². The van der Waals surface area contributed by atoms with E-state index in [0.717, 1.165) is 16.9 Å². The van der Waals surface area contributed by atoms with Gasteiger partial charge in [0.05, 0.1) is 0 Å². The Morgan fingerprint density at radius 2 is 2.05 bits per heavy atom. The molecule has 1 aliphatic rings. The van der Waals surface area contributed by atoms with Crippen molar-refractivity contribution in [1.29, 1.82) is 0 Å². The average molecular weight is 268 g/mol. The van der Waals surface area contributed by atoms with E-state index in [4.69, 9.17) is 0 Å². The zero-order valence-electron chi connectivity index (χ0n) is 11.3. The van der Waals surface area contributed by atoms with Crippen molar-refractivity contribution in [3.8, 4) is 0 Å². The summed E-state index contributed by atoms with van der Waals surface area (Å²) in [6, 6.07) is 11.3. The highest BCUT2D eigenvalue weighted by Crippen LogP contribution is 2.28. The van der Waals surface area contributed by atoms with Gasteiger partial charge in [0.25, 0.3) is 0 Å². The number of pyridine rings is 1. The third-order valence-electron chi connectivity index (χ3n) is 3.75. The Bertz CT molecular complexity index is 654. The van der Waals surface area contributed by atoms with E-state index in [1.54, 1.807) is 6.20 Å². The van der Waals surface area contributed by atoms with Gasteiger partial charge < -0.3 is 10.0 Å². The van der Waals surface area contributed by atoms with Crippen molar-refractivity contribution >= 4 is 11.7 Å². The average Bonchev–Trinajstić information content (AvgIpc) is 2.46. The topological polar surface area (TPSA) is 53.4 Å². The molecule has 4 nitrogen and oxygen atoms in total. The zero-order chi connectivity index (χ0) is 14.1. The minimum Gasteiger partial charge on any atom is -0.480 e. The number of anilines is 1. The second kappa shape index (κ2) is 4.96. The molecule has 1 aromatic carbocycles. The number of carbonyl (C=O) groups is 1. The number of fused-ring (bicyclic) bond motifs is 1. The smallest absolute Gasteiger partial charge is 0.326 e. The Kier molecular flexibility index (Phi) is 3.14. The molecule has 1 N–H and O–H groups in total. The molecule has 0 amide bonds. The summed E-state index contributed by atoms with van der Waals surface area (Å²) in [5.41, 5.74) is 4.13.